The van der Waals surface area contributed by atoms with Gasteiger partial charge >= 0.3 is 5.92 Å². The molecule has 0 N–H and O–H groups in total. The van der Waals surface area contributed by atoms with Gasteiger partial charge < -0.3 is 0 Å². The van der Waals surface area contributed by atoms with Gasteiger partial charge in [-0.25, -0.2) is 4.39 Å². The molecule has 0 amide bonds. The van der Waals surface area contributed by atoms with Gasteiger partial charge in [-0.2, -0.15) is 14.0 Å². The van der Waals surface area contributed by atoms with Crippen LogP contribution in [-0.4, -0.2) is 0 Å². The van der Waals surface area contributed by atoms with Gasteiger partial charge in [-0.05, 0) is 24.6 Å². The third-order valence-corrected chi connectivity index (χ3v) is 2.04. The summed E-state index contributed by atoms with van der Waals surface area (Å²) in [6, 6.07) is 2.41. The van der Waals surface area contributed by atoms with Crippen molar-refractivity contribution in [2.45, 2.75) is 12.8 Å². The molecule has 0 bridgehead atoms. The molecule has 0 aliphatic heterocycles. The molecule has 5 heteroatoms. The molecule has 0 unspecified atom stereocenters. The fourth-order valence-corrected chi connectivity index (χ4v) is 1.28. The second-order valence-corrected chi connectivity index (χ2v) is 3.17. The first-order valence-corrected chi connectivity index (χ1v) is 4.01. The summed E-state index contributed by atoms with van der Waals surface area (Å²) < 4.78 is 38.6. The van der Waals surface area contributed by atoms with Gasteiger partial charge in [0.25, 0.3) is 0 Å². The highest BCUT2D eigenvalue weighted by Gasteiger charge is 2.34. The molecule has 0 aliphatic rings. The molecule has 0 saturated carbocycles. The Kier molecular flexibility index (Phi) is 2.72. The molecule has 74 valence electrons. The summed E-state index contributed by atoms with van der Waals surface area (Å²) in [7, 11) is 0. The van der Waals surface area contributed by atoms with Crippen molar-refractivity contribution < 1.29 is 13.2 Å². The fourth-order valence-electron chi connectivity index (χ4n) is 0.947. The maximum atomic E-state index is 12.9. The van der Waals surface area contributed by atoms with Gasteiger partial charge in [0.2, 0.25) is 0 Å². The zero-order valence-electron chi connectivity index (χ0n) is 7.11. The highest BCUT2D eigenvalue weighted by Crippen LogP contribution is 2.34. The summed E-state index contributed by atoms with van der Waals surface area (Å²) in [5, 5.41) is 7.84. The number of halogens is 4. The fraction of sp³-hybridized carbons (Fsp3) is 0.222. The summed E-state index contributed by atoms with van der Waals surface area (Å²) in [6.45, 7) is 1.40. The molecule has 1 rings (SSSR count). The Bertz CT molecular complexity index is 409. The van der Waals surface area contributed by atoms with Crippen LogP contribution in [0.3, 0.4) is 0 Å². The Morgan fingerprint density at radius 3 is 2.50 bits per heavy atom. The van der Waals surface area contributed by atoms with E-state index in [0.29, 0.717) is 6.07 Å². The van der Waals surface area contributed by atoms with Crippen molar-refractivity contribution in [1.82, 2.24) is 0 Å². The minimum Gasteiger partial charge on any atom is -0.207 e. The van der Waals surface area contributed by atoms with E-state index in [4.69, 9.17) is 16.9 Å². The number of alkyl halides is 2. The Hall–Kier alpha value is -1.21. The molecule has 0 fully saturated rings. The van der Waals surface area contributed by atoms with Gasteiger partial charge in [-0.3, -0.25) is 0 Å². The topological polar surface area (TPSA) is 23.8 Å². The Balaban J connectivity index is 3.38. The number of hydrogen-bond donors (Lipinski definition) is 0. The molecular weight excluding hydrogens is 215 g/mol. The zero-order chi connectivity index (χ0) is 10.9. The van der Waals surface area contributed by atoms with E-state index in [2.05, 4.69) is 0 Å². The van der Waals surface area contributed by atoms with Crippen LogP contribution in [0, 0.1) is 24.1 Å². The van der Waals surface area contributed by atoms with Crippen LogP contribution in [0.25, 0.3) is 0 Å². The second kappa shape index (κ2) is 3.50. The van der Waals surface area contributed by atoms with Crippen LogP contribution in [0.2, 0.25) is 5.02 Å². The molecule has 0 heterocycles. The van der Waals surface area contributed by atoms with Gasteiger partial charge in [0, 0.05) is 0 Å². The number of benzene rings is 1. The molecule has 0 spiro atoms. The van der Waals surface area contributed by atoms with Crippen molar-refractivity contribution in [3.63, 3.8) is 0 Å². The van der Waals surface area contributed by atoms with Gasteiger partial charge in [-0.1, -0.05) is 11.6 Å². The Morgan fingerprint density at radius 1 is 1.43 bits per heavy atom. The molecule has 14 heavy (non-hydrogen) atoms. The normalized spacial score (nSPS) is 11.1. The molecular formula is C9H5ClF3N. The minimum absolute atomic E-state index is 0.160. The van der Waals surface area contributed by atoms with E-state index >= 15 is 0 Å². The molecule has 0 atom stereocenters. The largest absolute Gasteiger partial charge is 0.358 e. The Morgan fingerprint density at radius 2 is 2.00 bits per heavy atom. The summed E-state index contributed by atoms with van der Waals surface area (Å²) in [5.74, 6) is -4.56. The molecule has 0 radical (unpaired) electrons. The van der Waals surface area contributed by atoms with Crippen LogP contribution in [-0.2, 0) is 5.92 Å². The summed E-state index contributed by atoms with van der Waals surface area (Å²) in [4.78, 5) is 0. The van der Waals surface area contributed by atoms with Crippen molar-refractivity contribution in [3.05, 3.63) is 34.1 Å². The first-order valence-electron chi connectivity index (χ1n) is 3.63. The number of nitriles is 1. The predicted molar refractivity (Wildman–Crippen MR) is 45.7 cm³/mol. The lowest BCUT2D eigenvalue weighted by Gasteiger charge is -2.10. The van der Waals surface area contributed by atoms with Gasteiger partial charge in [-0.15, -0.1) is 0 Å². The van der Waals surface area contributed by atoms with Crippen molar-refractivity contribution in [2.24, 2.45) is 0 Å². The predicted octanol–water partition coefficient (Wildman–Crippen LogP) is 3.40. The van der Waals surface area contributed by atoms with E-state index in [0.717, 1.165) is 12.1 Å². The SMILES string of the molecule is Cc1cc(Cl)c(C(F)(F)C#N)cc1F. The third kappa shape index (κ3) is 1.83. The molecule has 1 nitrogen and oxygen atoms in total. The minimum atomic E-state index is -3.76. The molecule has 1 aromatic rings. The van der Waals surface area contributed by atoms with Crippen molar-refractivity contribution in [3.8, 4) is 6.07 Å². The maximum Gasteiger partial charge on any atom is 0.358 e. The van der Waals surface area contributed by atoms with Crippen molar-refractivity contribution in [2.75, 3.05) is 0 Å². The lowest BCUT2D eigenvalue weighted by molar-refractivity contribution is 0.0610. The average Bonchev–Trinajstić information content (AvgIpc) is 2.11. The third-order valence-electron chi connectivity index (χ3n) is 1.73. The van der Waals surface area contributed by atoms with Crippen LogP contribution < -0.4 is 0 Å². The standard InChI is InChI=1S/C9H5ClF3N/c1-5-2-7(10)6(3-8(5)11)9(12,13)4-14/h2-3H,1H3. The van der Waals surface area contributed by atoms with Gasteiger partial charge in [0.05, 0.1) is 10.6 Å². The average molecular weight is 220 g/mol. The van der Waals surface area contributed by atoms with Crippen LogP contribution >= 0.6 is 11.6 Å². The first-order chi connectivity index (χ1) is 6.38. The van der Waals surface area contributed by atoms with Crippen LogP contribution in [0.5, 0.6) is 0 Å². The van der Waals surface area contributed by atoms with Gasteiger partial charge in [0.1, 0.15) is 11.9 Å². The Labute approximate surface area is 83.7 Å². The van der Waals surface area contributed by atoms with E-state index in [1.165, 1.54) is 6.92 Å². The lowest BCUT2D eigenvalue weighted by atomic mass is 10.1. The van der Waals surface area contributed by atoms with Crippen LogP contribution in [0.1, 0.15) is 11.1 Å². The maximum absolute atomic E-state index is 12.9. The quantitative estimate of drug-likeness (QED) is 0.710. The molecule has 0 aromatic heterocycles. The number of hydrogen-bond acceptors (Lipinski definition) is 1. The van der Waals surface area contributed by atoms with E-state index in [1.807, 2.05) is 0 Å². The molecule has 0 aliphatic carbocycles. The highest BCUT2D eigenvalue weighted by molar-refractivity contribution is 6.31. The van der Waals surface area contributed by atoms with E-state index in [9.17, 15) is 13.2 Å². The first kappa shape index (κ1) is 10.9. The summed E-state index contributed by atoms with van der Waals surface area (Å²) in [6.07, 6.45) is 0. The van der Waals surface area contributed by atoms with E-state index in [-0.39, 0.29) is 10.6 Å². The van der Waals surface area contributed by atoms with Gasteiger partial charge in [0.15, 0.2) is 0 Å². The number of rotatable bonds is 1. The van der Waals surface area contributed by atoms with Crippen molar-refractivity contribution >= 4 is 11.6 Å². The van der Waals surface area contributed by atoms with E-state index < -0.39 is 17.3 Å². The van der Waals surface area contributed by atoms with Crippen LogP contribution in [0.15, 0.2) is 12.1 Å². The van der Waals surface area contributed by atoms with Crippen molar-refractivity contribution in [1.29, 1.82) is 5.26 Å². The highest BCUT2D eigenvalue weighted by atomic mass is 35.5. The van der Waals surface area contributed by atoms with E-state index in [1.54, 1.807) is 0 Å². The summed E-state index contributed by atoms with van der Waals surface area (Å²) in [5.41, 5.74) is -0.641. The number of nitrogens with zero attached hydrogens (tertiary/aromatic N) is 1. The number of aryl methyl sites for hydroxylation is 1. The lowest BCUT2D eigenvalue weighted by Crippen LogP contribution is -2.11. The smallest absolute Gasteiger partial charge is 0.207 e. The molecule has 1 aromatic carbocycles. The summed E-state index contributed by atoms with van der Waals surface area (Å²) >= 11 is 5.47. The van der Waals surface area contributed by atoms with Crippen LogP contribution in [0.4, 0.5) is 13.2 Å². The second-order valence-electron chi connectivity index (χ2n) is 2.77. The molecule has 0 saturated heterocycles. The monoisotopic (exact) mass is 219 g/mol. The zero-order valence-corrected chi connectivity index (χ0v) is 7.87.